The van der Waals surface area contributed by atoms with E-state index in [1.54, 1.807) is 0 Å². The van der Waals surface area contributed by atoms with Gasteiger partial charge in [0.1, 0.15) is 17.3 Å². The smallest absolute Gasteiger partial charge is 0.133 e. The molecule has 1 aromatic rings. The van der Waals surface area contributed by atoms with Crippen LogP contribution in [0.1, 0.15) is 18.4 Å². The van der Waals surface area contributed by atoms with Crippen molar-refractivity contribution in [3.8, 4) is 11.5 Å². The van der Waals surface area contributed by atoms with E-state index in [2.05, 4.69) is 0 Å². The van der Waals surface area contributed by atoms with Gasteiger partial charge in [-0.2, -0.15) is 0 Å². The molecule has 15 heavy (non-hydrogen) atoms. The number of hydrogen-bond acceptors (Lipinski definition) is 3. The Morgan fingerprint density at radius 1 is 1.40 bits per heavy atom. The number of methoxy groups -OCH3 is 1. The van der Waals surface area contributed by atoms with Crippen molar-refractivity contribution in [1.29, 1.82) is 0 Å². The number of benzene rings is 1. The first kappa shape index (κ1) is 11.8. The monoisotopic (exact) mass is 213 g/mol. The van der Waals surface area contributed by atoms with E-state index in [9.17, 15) is 9.50 Å². The number of ether oxygens (including phenoxy) is 1. The van der Waals surface area contributed by atoms with Gasteiger partial charge in [-0.05, 0) is 25.8 Å². The molecule has 84 valence electrons. The van der Waals surface area contributed by atoms with Crippen LogP contribution in [0.15, 0.2) is 12.1 Å². The highest BCUT2D eigenvalue weighted by Crippen LogP contribution is 2.27. The Morgan fingerprint density at radius 2 is 2.13 bits per heavy atom. The van der Waals surface area contributed by atoms with Crippen LogP contribution in [0.25, 0.3) is 0 Å². The number of phenols is 1. The lowest BCUT2D eigenvalue weighted by atomic mass is 10.1. The van der Waals surface area contributed by atoms with Crippen LogP contribution in [-0.2, 0) is 6.42 Å². The van der Waals surface area contributed by atoms with E-state index in [-0.39, 0.29) is 5.75 Å². The third-order valence-electron chi connectivity index (χ3n) is 2.26. The van der Waals surface area contributed by atoms with Gasteiger partial charge in [0.2, 0.25) is 0 Å². The van der Waals surface area contributed by atoms with Gasteiger partial charge < -0.3 is 15.6 Å². The molecule has 3 nitrogen and oxygen atoms in total. The molecular formula is C11H16FNO2. The predicted octanol–water partition coefficient (Wildman–Crippen LogP) is 1.82. The summed E-state index contributed by atoms with van der Waals surface area (Å²) in [5.41, 5.74) is 5.68. The van der Waals surface area contributed by atoms with Crippen LogP contribution in [0, 0.1) is 5.82 Å². The van der Waals surface area contributed by atoms with Crippen molar-refractivity contribution in [1.82, 2.24) is 0 Å². The van der Waals surface area contributed by atoms with Crippen molar-refractivity contribution >= 4 is 0 Å². The molecule has 0 aromatic heterocycles. The molecule has 0 aliphatic carbocycles. The fourth-order valence-corrected chi connectivity index (χ4v) is 1.41. The lowest BCUT2D eigenvalue weighted by Gasteiger charge is -2.08. The second-order valence-electron chi connectivity index (χ2n) is 3.35. The van der Waals surface area contributed by atoms with Crippen LogP contribution in [0.3, 0.4) is 0 Å². The molecule has 0 aliphatic rings. The third kappa shape index (κ3) is 3.09. The van der Waals surface area contributed by atoms with Gasteiger partial charge in [0.05, 0.1) is 7.11 Å². The van der Waals surface area contributed by atoms with E-state index in [1.807, 2.05) is 0 Å². The van der Waals surface area contributed by atoms with Crippen molar-refractivity contribution in [2.45, 2.75) is 19.3 Å². The normalized spacial score (nSPS) is 10.3. The first-order valence-electron chi connectivity index (χ1n) is 4.94. The van der Waals surface area contributed by atoms with E-state index in [4.69, 9.17) is 10.5 Å². The summed E-state index contributed by atoms with van der Waals surface area (Å²) in [6, 6.07) is 2.69. The van der Waals surface area contributed by atoms with Gasteiger partial charge in [-0.3, -0.25) is 0 Å². The largest absolute Gasteiger partial charge is 0.507 e. The average molecular weight is 213 g/mol. The minimum absolute atomic E-state index is 0.0520. The molecule has 0 saturated heterocycles. The molecule has 0 spiro atoms. The number of phenolic OH excluding ortho intramolecular Hbond substituents is 1. The number of hydrogen-bond donors (Lipinski definition) is 2. The zero-order valence-corrected chi connectivity index (χ0v) is 8.79. The van der Waals surface area contributed by atoms with Crippen LogP contribution < -0.4 is 10.5 Å². The maximum absolute atomic E-state index is 13.5. The van der Waals surface area contributed by atoms with Gasteiger partial charge in [-0.25, -0.2) is 4.39 Å². The van der Waals surface area contributed by atoms with Crippen LogP contribution in [0.4, 0.5) is 4.39 Å². The molecule has 0 heterocycles. The van der Waals surface area contributed by atoms with E-state index >= 15 is 0 Å². The number of rotatable bonds is 5. The molecule has 0 atom stereocenters. The van der Waals surface area contributed by atoms with Crippen molar-refractivity contribution in [3.63, 3.8) is 0 Å². The quantitative estimate of drug-likeness (QED) is 0.733. The van der Waals surface area contributed by atoms with Gasteiger partial charge in [-0.1, -0.05) is 0 Å². The van der Waals surface area contributed by atoms with Crippen molar-refractivity contribution in [2.75, 3.05) is 13.7 Å². The molecular weight excluding hydrogens is 197 g/mol. The molecule has 0 aliphatic heterocycles. The Hall–Kier alpha value is -1.29. The Balaban J connectivity index is 2.79. The van der Waals surface area contributed by atoms with Gasteiger partial charge in [0.25, 0.3) is 0 Å². The number of aromatic hydroxyl groups is 1. The van der Waals surface area contributed by atoms with Crippen LogP contribution in [0.2, 0.25) is 0 Å². The second-order valence-corrected chi connectivity index (χ2v) is 3.35. The lowest BCUT2D eigenvalue weighted by molar-refractivity contribution is 0.399. The third-order valence-corrected chi connectivity index (χ3v) is 2.26. The van der Waals surface area contributed by atoms with Crippen molar-refractivity contribution in [3.05, 3.63) is 23.5 Å². The van der Waals surface area contributed by atoms with E-state index in [0.717, 1.165) is 12.8 Å². The van der Waals surface area contributed by atoms with Gasteiger partial charge in [0, 0.05) is 17.7 Å². The SMILES string of the molecule is COc1cc(O)c(CCCCN)c(F)c1. The summed E-state index contributed by atoms with van der Waals surface area (Å²) in [6.07, 6.45) is 2.09. The van der Waals surface area contributed by atoms with Crippen LogP contribution in [-0.4, -0.2) is 18.8 Å². The van der Waals surface area contributed by atoms with E-state index in [1.165, 1.54) is 19.2 Å². The molecule has 1 aromatic carbocycles. The summed E-state index contributed by atoms with van der Waals surface area (Å²) < 4.78 is 18.3. The molecule has 0 fully saturated rings. The molecule has 0 saturated carbocycles. The Labute approximate surface area is 88.7 Å². The number of halogens is 1. The summed E-state index contributed by atoms with van der Waals surface area (Å²) >= 11 is 0. The van der Waals surface area contributed by atoms with Gasteiger partial charge >= 0.3 is 0 Å². The second kappa shape index (κ2) is 5.56. The minimum atomic E-state index is -0.427. The molecule has 4 heteroatoms. The molecule has 0 unspecified atom stereocenters. The Bertz CT molecular complexity index is 305. The van der Waals surface area contributed by atoms with Gasteiger partial charge in [-0.15, -0.1) is 0 Å². The summed E-state index contributed by atoms with van der Waals surface area (Å²) in [5, 5.41) is 9.55. The molecule has 0 radical (unpaired) electrons. The molecule has 0 bridgehead atoms. The Morgan fingerprint density at radius 3 is 2.67 bits per heavy atom. The zero-order chi connectivity index (χ0) is 11.3. The summed E-state index contributed by atoms with van der Waals surface area (Å²) in [5.74, 6) is -0.152. The lowest BCUT2D eigenvalue weighted by Crippen LogP contribution is -2.00. The van der Waals surface area contributed by atoms with Crippen molar-refractivity contribution in [2.24, 2.45) is 5.73 Å². The van der Waals surface area contributed by atoms with Gasteiger partial charge in [0.15, 0.2) is 0 Å². The molecule has 3 N–H and O–H groups in total. The molecule has 0 amide bonds. The highest BCUT2D eigenvalue weighted by molar-refractivity contribution is 5.40. The summed E-state index contributed by atoms with van der Waals surface area (Å²) in [7, 11) is 1.43. The highest BCUT2D eigenvalue weighted by Gasteiger charge is 2.10. The van der Waals surface area contributed by atoms with E-state index < -0.39 is 5.82 Å². The minimum Gasteiger partial charge on any atom is -0.507 e. The number of unbranched alkanes of at least 4 members (excludes halogenated alkanes) is 1. The zero-order valence-electron chi connectivity index (χ0n) is 8.79. The predicted molar refractivity (Wildman–Crippen MR) is 56.6 cm³/mol. The van der Waals surface area contributed by atoms with Crippen LogP contribution >= 0.6 is 0 Å². The average Bonchev–Trinajstić information content (AvgIpc) is 2.22. The highest BCUT2D eigenvalue weighted by atomic mass is 19.1. The summed E-state index contributed by atoms with van der Waals surface area (Å²) in [6.45, 7) is 0.582. The maximum atomic E-state index is 13.5. The fraction of sp³-hybridized carbons (Fsp3) is 0.455. The number of nitrogens with two attached hydrogens (primary N) is 1. The van der Waals surface area contributed by atoms with Crippen LogP contribution in [0.5, 0.6) is 11.5 Å². The van der Waals surface area contributed by atoms with E-state index in [0.29, 0.717) is 24.3 Å². The fourth-order valence-electron chi connectivity index (χ4n) is 1.41. The standard InChI is InChI=1S/C11H16FNO2/c1-15-8-6-10(12)9(11(14)7-8)4-2-3-5-13/h6-7,14H,2-5,13H2,1H3. The Kier molecular flexibility index (Phi) is 4.37. The first-order valence-corrected chi connectivity index (χ1v) is 4.94. The van der Waals surface area contributed by atoms with Crippen molar-refractivity contribution < 1.29 is 14.2 Å². The molecule has 1 rings (SSSR count). The maximum Gasteiger partial charge on any atom is 0.133 e. The first-order chi connectivity index (χ1) is 7.19. The topological polar surface area (TPSA) is 55.5 Å². The summed E-state index contributed by atoms with van der Waals surface area (Å²) in [4.78, 5) is 0.